The van der Waals surface area contributed by atoms with E-state index in [4.69, 9.17) is 0 Å². The van der Waals surface area contributed by atoms with E-state index in [-0.39, 0.29) is 0 Å². The maximum atomic E-state index is 3.48. The maximum Gasteiger partial charge on any atom is -0.00862 e. The van der Waals surface area contributed by atoms with Gasteiger partial charge in [-0.15, -0.1) is 0 Å². The van der Waals surface area contributed by atoms with Crippen molar-refractivity contribution in [2.75, 3.05) is 0 Å². The average molecular weight is 132 g/mol. The fourth-order valence-electron chi connectivity index (χ4n) is 0.525. The van der Waals surface area contributed by atoms with Crippen LogP contribution in [-0.2, 0) is 0 Å². The molecule has 0 atom stereocenters. The van der Waals surface area contributed by atoms with Gasteiger partial charge in [-0.05, 0) is 31.6 Å². The summed E-state index contributed by atoms with van der Waals surface area (Å²) in [5, 5.41) is 0. The molecule has 52 valence electrons. The van der Waals surface area contributed by atoms with Crippen molar-refractivity contribution in [3.63, 3.8) is 0 Å². The summed E-state index contributed by atoms with van der Waals surface area (Å²) in [7, 11) is 0. The third kappa shape index (κ3) is 4.93. The van der Waals surface area contributed by atoms with Crippen LogP contribution >= 0.6 is 0 Å². The molecule has 0 nitrogen and oxygen atoms in total. The zero-order chi connectivity index (χ0) is 7.82. The minimum Gasteiger partial charge on any atom is -0.0906 e. The molecule has 0 aliphatic rings. The topological polar surface area (TPSA) is 0 Å². The monoisotopic (exact) mass is 132 g/mol. The van der Waals surface area contributed by atoms with Crippen LogP contribution < -0.4 is 0 Å². The van der Waals surface area contributed by atoms with Gasteiger partial charge >= 0.3 is 0 Å². The molecule has 0 bridgehead atoms. The molecule has 0 aromatic rings. The van der Waals surface area contributed by atoms with Gasteiger partial charge in [-0.25, -0.2) is 0 Å². The molecule has 0 saturated carbocycles. The summed E-state index contributed by atoms with van der Waals surface area (Å²) in [6, 6.07) is 0. The lowest BCUT2D eigenvalue weighted by atomic mass is 10.2. The third-order valence-electron chi connectivity index (χ3n) is 0.915. The van der Waals surface area contributed by atoms with Crippen LogP contribution in [0.25, 0.3) is 0 Å². The van der Waals surface area contributed by atoms with Crippen LogP contribution in [0, 0.1) is 11.8 Å². The van der Waals surface area contributed by atoms with Crippen LogP contribution in [0.3, 0.4) is 0 Å². The van der Waals surface area contributed by atoms with Crippen molar-refractivity contribution >= 4 is 0 Å². The van der Waals surface area contributed by atoms with Gasteiger partial charge in [-0.2, -0.15) is 0 Å². The van der Waals surface area contributed by atoms with Gasteiger partial charge in [-0.1, -0.05) is 30.6 Å². The van der Waals surface area contributed by atoms with Gasteiger partial charge in [0.2, 0.25) is 0 Å². The van der Waals surface area contributed by atoms with Crippen molar-refractivity contribution < 1.29 is 0 Å². The van der Waals surface area contributed by atoms with Crippen molar-refractivity contribution in [1.29, 1.82) is 0 Å². The van der Waals surface area contributed by atoms with Gasteiger partial charge in [0.15, 0.2) is 0 Å². The third-order valence-corrected chi connectivity index (χ3v) is 0.915. The number of hydrogen-bond acceptors (Lipinski definition) is 0. The Kier molecular flexibility index (Phi) is 5.19. The molecule has 0 aromatic carbocycles. The van der Waals surface area contributed by atoms with Crippen molar-refractivity contribution in [2.45, 2.75) is 13.8 Å². The Balaban J connectivity index is 4.03. The van der Waals surface area contributed by atoms with E-state index in [1.807, 2.05) is 32.1 Å². The molecule has 0 amide bonds. The first-order valence-electron chi connectivity index (χ1n) is 3.22. The Bertz CT molecular complexity index is 206. The number of hydrogen-bond donors (Lipinski definition) is 0. The molecule has 0 N–H and O–H groups in total. The molecule has 0 radical (unpaired) electrons. The molecule has 0 saturated heterocycles. The van der Waals surface area contributed by atoms with E-state index >= 15 is 0 Å². The highest BCUT2D eigenvalue weighted by molar-refractivity contribution is 5.29. The molecular weight excluding hydrogens is 120 g/mol. The summed E-state index contributed by atoms with van der Waals surface area (Å²) in [4.78, 5) is 0. The lowest BCUT2D eigenvalue weighted by Gasteiger charge is -1.81. The number of allylic oxidation sites excluding steroid dienone is 5. The highest BCUT2D eigenvalue weighted by Gasteiger charge is 1.73. The van der Waals surface area contributed by atoms with Crippen molar-refractivity contribution in [1.82, 2.24) is 0 Å². The lowest BCUT2D eigenvalue weighted by molar-refractivity contribution is 1.51. The zero-order valence-corrected chi connectivity index (χ0v) is 6.52. The predicted octanol–water partition coefficient (Wildman–Crippen LogP) is 2.70. The molecule has 0 unspecified atom stereocenters. The van der Waals surface area contributed by atoms with E-state index in [2.05, 4.69) is 18.4 Å². The van der Waals surface area contributed by atoms with E-state index in [1.54, 1.807) is 6.08 Å². The lowest BCUT2D eigenvalue weighted by Crippen LogP contribution is -1.63. The highest BCUT2D eigenvalue weighted by atomic mass is 13.8. The van der Waals surface area contributed by atoms with Crippen LogP contribution in [0.4, 0.5) is 0 Å². The molecular formula is C10H12. The number of rotatable bonds is 1. The second-order valence-corrected chi connectivity index (χ2v) is 1.88. The standard InChI is InChI=1S/C10H12/c1-4-6-7-9-10(3)8-5-2/h4-5,8-9H,1H2,2-3H3/b8-5-,10-9-. The van der Waals surface area contributed by atoms with Crippen LogP contribution in [0.2, 0.25) is 0 Å². The second kappa shape index (κ2) is 5.91. The molecule has 0 aromatic heterocycles. The molecule has 0 aliphatic heterocycles. The summed E-state index contributed by atoms with van der Waals surface area (Å²) < 4.78 is 0. The van der Waals surface area contributed by atoms with Gasteiger partial charge in [-0.3, -0.25) is 0 Å². The Morgan fingerprint density at radius 2 is 2.10 bits per heavy atom. The Labute approximate surface area is 63.0 Å². The molecule has 0 heterocycles. The summed E-state index contributed by atoms with van der Waals surface area (Å²) >= 11 is 0. The van der Waals surface area contributed by atoms with Gasteiger partial charge in [0.1, 0.15) is 0 Å². The molecule has 0 rings (SSSR count). The van der Waals surface area contributed by atoms with Gasteiger partial charge in [0, 0.05) is 0 Å². The molecule has 0 heteroatoms. The first-order chi connectivity index (χ1) is 4.81. The predicted molar refractivity (Wildman–Crippen MR) is 46.5 cm³/mol. The first-order valence-corrected chi connectivity index (χ1v) is 3.22. The van der Waals surface area contributed by atoms with Gasteiger partial charge < -0.3 is 0 Å². The van der Waals surface area contributed by atoms with Gasteiger partial charge in [0.05, 0.1) is 0 Å². The fourth-order valence-corrected chi connectivity index (χ4v) is 0.525. The molecule has 0 fully saturated rings. The largest absolute Gasteiger partial charge is 0.0906 e. The van der Waals surface area contributed by atoms with Crippen molar-refractivity contribution in [2.24, 2.45) is 0 Å². The van der Waals surface area contributed by atoms with Crippen LogP contribution in [0.15, 0.2) is 36.5 Å². The Hall–Kier alpha value is -1.22. The average Bonchev–Trinajstić information content (AvgIpc) is 1.89. The molecule has 10 heavy (non-hydrogen) atoms. The van der Waals surface area contributed by atoms with E-state index in [1.165, 1.54) is 0 Å². The summed E-state index contributed by atoms with van der Waals surface area (Å²) in [5.41, 5.74) is 1.16. The summed E-state index contributed by atoms with van der Waals surface area (Å²) in [6.07, 6.45) is 7.44. The Morgan fingerprint density at radius 3 is 2.60 bits per heavy atom. The van der Waals surface area contributed by atoms with Crippen LogP contribution in [0.1, 0.15) is 13.8 Å². The minimum absolute atomic E-state index is 1.16. The maximum absolute atomic E-state index is 3.48. The zero-order valence-electron chi connectivity index (χ0n) is 6.52. The van der Waals surface area contributed by atoms with Crippen LogP contribution in [0.5, 0.6) is 0 Å². The summed E-state index contributed by atoms with van der Waals surface area (Å²) in [5.74, 6) is 5.58. The van der Waals surface area contributed by atoms with E-state index in [9.17, 15) is 0 Å². The molecule has 0 aliphatic carbocycles. The second-order valence-electron chi connectivity index (χ2n) is 1.88. The van der Waals surface area contributed by atoms with Crippen molar-refractivity contribution in [3.05, 3.63) is 36.5 Å². The van der Waals surface area contributed by atoms with Crippen LogP contribution in [-0.4, -0.2) is 0 Å². The quantitative estimate of drug-likeness (QED) is 0.380. The van der Waals surface area contributed by atoms with Gasteiger partial charge in [0.25, 0.3) is 0 Å². The molecule has 0 spiro atoms. The SMILES string of the molecule is C=CC#C/C=C(C)\C=C/C. The first kappa shape index (κ1) is 8.78. The Morgan fingerprint density at radius 1 is 1.40 bits per heavy atom. The smallest absolute Gasteiger partial charge is 0.00862 e. The summed E-state index contributed by atoms with van der Waals surface area (Å²) in [6.45, 7) is 7.48. The van der Waals surface area contributed by atoms with E-state index in [0.29, 0.717) is 0 Å². The highest BCUT2D eigenvalue weighted by Crippen LogP contribution is 1.91. The van der Waals surface area contributed by atoms with E-state index < -0.39 is 0 Å². The van der Waals surface area contributed by atoms with E-state index in [0.717, 1.165) is 5.57 Å². The van der Waals surface area contributed by atoms with Crippen molar-refractivity contribution in [3.8, 4) is 11.8 Å². The minimum atomic E-state index is 1.16. The fraction of sp³-hybridized carbons (Fsp3) is 0.200. The normalized spacial score (nSPS) is 10.8.